The van der Waals surface area contributed by atoms with Crippen molar-refractivity contribution in [3.05, 3.63) is 50.9 Å². The summed E-state index contributed by atoms with van der Waals surface area (Å²) in [6.45, 7) is 7.56. The molecule has 2 heterocycles. The summed E-state index contributed by atoms with van der Waals surface area (Å²) in [6, 6.07) is 5.77. The van der Waals surface area contributed by atoms with Gasteiger partial charge in [-0.2, -0.15) is 9.78 Å². The van der Waals surface area contributed by atoms with Gasteiger partial charge in [0.15, 0.2) is 0 Å². The summed E-state index contributed by atoms with van der Waals surface area (Å²) >= 11 is 11.6. The van der Waals surface area contributed by atoms with Crippen LogP contribution in [0.2, 0.25) is 10.0 Å². The SMILES string of the molecule is CC(C)CN1CCO[C@H](CNS(=O)(=O)c2ccc(-n3ncc(Cl)c(Cl)c3=O)cc2)C1. The summed E-state index contributed by atoms with van der Waals surface area (Å²) in [4.78, 5) is 14.5. The summed E-state index contributed by atoms with van der Waals surface area (Å²) in [5, 5.41) is 3.83. The van der Waals surface area contributed by atoms with Crippen LogP contribution in [0.5, 0.6) is 0 Å². The smallest absolute Gasteiger partial charge is 0.291 e. The lowest BCUT2D eigenvalue weighted by Gasteiger charge is -2.33. The second-order valence-corrected chi connectivity index (χ2v) is 10.1. The van der Waals surface area contributed by atoms with Gasteiger partial charge in [-0.15, -0.1) is 0 Å². The van der Waals surface area contributed by atoms with Gasteiger partial charge in [0.1, 0.15) is 5.02 Å². The maximum atomic E-state index is 12.6. The molecule has 1 N–H and O–H groups in total. The van der Waals surface area contributed by atoms with Crippen molar-refractivity contribution in [2.75, 3.05) is 32.8 Å². The zero-order chi connectivity index (χ0) is 21.9. The number of hydrogen-bond donors (Lipinski definition) is 1. The molecule has 0 unspecified atom stereocenters. The molecule has 0 radical (unpaired) electrons. The molecule has 0 aliphatic carbocycles. The first kappa shape index (κ1) is 23.2. The first-order chi connectivity index (χ1) is 14.2. The van der Waals surface area contributed by atoms with Gasteiger partial charge in [0.25, 0.3) is 5.56 Å². The van der Waals surface area contributed by atoms with Crippen LogP contribution < -0.4 is 10.3 Å². The Morgan fingerprint density at radius 1 is 1.27 bits per heavy atom. The first-order valence-electron chi connectivity index (χ1n) is 9.55. The molecule has 0 amide bonds. The van der Waals surface area contributed by atoms with Crippen LogP contribution >= 0.6 is 23.2 Å². The van der Waals surface area contributed by atoms with Crippen molar-refractivity contribution in [1.29, 1.82) is 0 Å². The molecule has 1 aromatic heterocycles. The zero-order valence-corrected chi connectivity index (χ0v) is 19.0. The Morgan fingerprint density at radius 3 is 2.63 bits per heavy atom. The second kappa shape index (κ2) is 9.76. The molecule has 11 heteroatoms. The van der Waals surface area contributed by atoms with Gasteiger partial charge in [-0.05, 0) is 30.2 Å². The van der Waals surface area contributed by atoms with E-state index in [1.807, 2.05) is 0 Å². The number of hydrogen-bond acceptors (Lipinski definition) is 6. The summed E-state index contributed by atoms with van der Waals surface area (Å²) in [5.74, 6) is 0.538. The van der Waals surface area contributed by atoms with Crippen molar-refractivity contribution >= 4 is 33.2 Å². The van der Waals surface area contributed by atoms with Crippen LogP contribution in [0.4, 0.5) is 0 Å². The van der Waals surface area contributed by atoms with Gasteiger partial charge in [0.05, 0.1) is 34.5 Å². The minimum absolute atomic E-state index is 0.0539. The highest BCUT2D eigenvalue weighted by Crippen LogP contribution is 2.17. The Balaban J connectivity index is 1.67. The van der Waals surface area contributed by atoms with Crippen molar-refractivity contribution in [2.45, 2.75) is 24.8 Å². The fourth-order valence-electron chi connectivity index (χ4n) is 3.24. The third kappa shape index (κ3) is 5.60. The average molecular weight is 475 g/mol. The fourth-order valence-corrected chi connectivity index (χ4v) is 4.55. The largest absolute Gasteiger partial charge is 0.374 e. The monoisotopic (exact) mass is 474 g/mol. The van der Waals surface area contributed by atoms with Gasteiger partial charge in [-0.3, -0.25) is 9.69 Å². The van der Waals surface area contributed by atoms with Crippen molar-refractivity contribution in [1.82, 2.24) is 19.4 Å². The Kier molecular flexibility index (Phi) is 7.54. The van der Waals surface area contributed by atoms with Crippen LogP contribution in [0.1, 0.15) is 13.8 Å². The van der Waals surface area contributed by atoms with Crippen LogP contribution in [0.25, 0.3) is 5.69 Å². The number of sulfonamides is 1. The van der Waals surface area contributed by atoms with Crippen molar-refractivity contribution in [2.24, 2.45) is 5.92 Å². The normalized spacial score (nSPS) is 18.1. The third-order valence-electron chi connectivity index (χ3n) is 4.62. The molecule has 0 spiro atoms. The lowest BCUT2D eigenvalue weighted by molar-refractivity contribution is -0.0280. The Labute approximate surface area is 185 Å². The molecule has 1 atom stereocenters. The molecular formula is C19H24Cl2N4O4S. The minimum atomic E-state index is -3.73. The predicted octanol–water partition coefficient (Wildman–Crippen LogP) is 2.17. The Bertz CT molecular complexity index is 1040. The molecule has 1 aliphatic heterocycles. The molecule has 8 nitrogen and oxygen atoms in total. The molecule has 164 valence electrons. The predicted molar refractivity (Wildman–Crippen MR) is 116 cm³/mol. The van der Waals surface area contributed by atoms with Crippen molar-refractivity contribution in [3.63, 3.8) is 0 Å². The van der Waals surface area contributed by atoms with E-state index in [9.17, 15) is 13.2 Å². The number of benzene rings is 1. The van der Waals surface area contributed by atoms with Gasteiger partial charge < -0.3 is 4.74 Å². The molecule has 2 aromatic rings. The van der Waals surface area contributed by atoms with E-state index in [-0.39, 0.29) is 27.6 Å². The quantitative estimate of drug-likeness (QED) is 0.660. The number of halogens is 2. The van der Waals surface area contributed by atoms with E-state index in [4.69, 9.17) is 27.9 Å². The maximum absolute atomic E-state index is 12.6. The summed E-state index contributed by atoms with van der Waals surface area (Å²) in [7, 11) is -3.73. The van der Waals surface area contributed by atoms with Gasteiger partial charge in [0.2, 0.25) is 10.0 Å². The number of morpholine rings is 1. The van der Waals surface area contributed by atoms with Gasteiger partial charge >= 0.3 is 0 Å². The van der Waals surface area contributed by atoms with Crippen LogP contribution in [0, 0.1) is 5.92 Å². The number of ether oxygens (including phenoxy) is 1. The molecule has 1 saturated heterocycles. The number of rotatable bonds is 7. The first-order valence-corrected chi connectivity index (χ1v) is 11.8. The molecule has 0 bridgehead atoms. The summed E-state index contributed by atoms with van der Waals surface area (Å²) < 4.78 is 34.6. The molecule has 3 rings (SSSR count). The third-order valence-corrected chi connectivity index (χ3v) is 6.80. The maximum Gasteiger partial charge on any atom is 0.291 e. The van der Waals surface area contributed by atoms with E-state index in [2.05, 4.69) is 28.6 Å². The second-order valence-electron chi connectivity index (χ2n) is 7.52. The fraction of sp³-hybridized carbons (Fsp3) is 0.474. The van der Waals surface area contributed by atoms with E-state index in [1.165, 1.54) is 30.5 Å². The van der Waals surface area contributed by atoms with Crippen molar-refractivity contribution < 1.29 is 13.2 Å². The molecule has 0 saturated carbocycles. The topological polar surface area (TPSA) is 93.5 Å². The lowest BCUT2D eigenvalue weighted by Crippen LogP contribution is -2.48. The number of nitrogens with one attached hydrogen (secondary N) is 1. The van der Waals surface area contributed by atoms with E-state index >= 15 is 0 Å². The van der Waals surface area contributed by atoms with Crippen LogP contribution in [-0.4, -0.2) is 62.0 Å². The highest BCUT2D eigenvalue weighted by Gasteiger charge is 2.23. The Hall–Kier alpha value is -1.49. The molecule has 1 aromatic carbocycles. The Morgan fingerprint density at radius 2 is 1.97 bits per heavy atom. The van der Waals surface area contributed by atoms with E-state index in [0.29, 0.717) is 24.8 Å². The van der Waals surface area contributed by atoms with Gasteiger partial charge in [0, 0.05) is 26.2 Å². The van der Waals surface area contributed by atoms with Crippen molar-refractivity contribution in [3.8, 4) is 5.69 Å². The zero-order valence-electron chi connectivity index (χ0n) is 16.7. The van der Waals surface area contributed by atoms with E-state index < -0.39 is 15.6 Å². The molecular weight excluding hydrogens is 451 g/mol. The average Bonchev–Trinajstić information content (AvgIpc) is 2.71. The highest BCUT2D eigenvalue weighted by atomic mass is 35.5. The highest BCUT2D eigenvalue weighted by molar-refractivity contribution is 7.89. The standard InChI is InChI=1S/C19H24Cl2N4O4S/c1-13(2)11-24-7-8-29-15(12-24)9-23-30(27,28)16-5-3-14(4-6-16)25-19(26)18(21)17(20)10-22-25/h3-6,10,13,15,23H,7-9,11-12H2,1-2H3/t15-/m1/s1. The van der Waals surface area contributed by atoms with Gasteiger partial charge in [-0.1, -0.05) is 37.0 Å². The summed E-state index contributed by atoms with van der Waals surface area (Å²) in [6.07, 6.45) is 1.05. The molecule has 1 fully saturated rings. The van der Waals surface area contributed by atoms with E-state index in [1.54, 1.807) is 0 Å². The lowest BCUT2D eigenvalue weighted by atomic mass is 10.2. The van der Waals surface area contributed by atoms with E-state index in [0.717, 1.165) is 17.8 Å². The van der Waals surface area contributed by atoms with Crippen LogP contribution in [0.15, 0.2) is 40.2 Å². The van der Waals surface area contributed by atoms with Gasteiger partial charge in [-0.25, -0.2) is 13.1 Å². The van der Waals surface area contributed by atoms with Crippen LogP contribution in [0.3, 0.4) is 0 Å². The number of nitrogens with zero attached hydrogens (tertiary/aromatic N) is 3. The van der Waals surface area contributed by atoms with Crippen LogP contribution in [-0.2, 0) is 14.8 Å². The summed E-state index contributed by atoms with van der Waals surface area (Å²) in [5.41, 5.74) is -0.212. The molecule has 30 heavy (non-hydrogen) atoms. The number of aromatic nitrogens is 2. The molecule has 1 aliphatic rings. The minimum Gasteiger partial charge on any atom is -0.374 e.